The normalized spacial score (nSPS) is 10.5. The Kier molecular flexibility index (Phi) is 3.79. The van der Waals surface area contributed by atoms with Gasteiger partial charge in [0.05, 0.1) is 26.1 Å². The van der Waals surface area contributed by atoms with Crippen LogP contribution in [0.2, 0.25) is 0 Å². The third-order valence-corrected chi connectivity index (χ3v) is 3.35. The summed E-state index contributed by atoms with van der Waals surface area (Å²) in [7, 11) is 0. The van der Waals surface area contributed by atoms with Gasteiger partial charge in [0.1, 0.15) is 5.69 Å². The number of hydrogen-bond acceptors (Lipinski definition) is 5. The molecule has 0 saturated carbocycles. The highest BCUT2D eigenvalue weighted by Crippen LogP contribution is 2.29. The summed E-state index contributed by atoms with van der Waals surface area (Å²) in [6.45, 7) is 1.90. The highest BCUT2D eigenvalue weighted by atomic mass is 79.9. The molecule has 2 aromatic rings. The van der Waals surface area contributed by atoms with Gasteiger partial charge in [-0.1, -0.05) is 6.92 Å². The van der Waals surface area contributed by atoms with Crippen molar-refractivity contribution in [3.8, 4) is 5.69 Å². The van der Waals surface area contributed by atoms with Crippen LogP contribution >= 0.6 is 15.9 Å². The first-order valence-electron chi connectivity index (χ1n) is 5.61. The van der Waals surface area contributed by atoms with E-state index in [1.54, 1.807) is 6.20 Å². The molecule has 0 aliphatic rings. The first-order chi connectivity index (χ1) is 9.43. The molecule has 0 amide bonds. The second-order valence-electron chi connectivity index (χ2n) is 3.91. The summed E-state index contributed by atoms with van der Waals surface area (Å²) in [4.78, 5) is 20.4. The maximum Gasteiger partial charge on any atom is 0.301 e. The predicted molar refractivity (Wildman–Crippen MR) is 74.0 cm³/mol. The molecule has 8 nitrogen and oxygen atoms in total. The van der Waals surface area contributed by atoms with Crippen molar-refractivity contribution < 1.29 is 9.85 Å². The number of aromatic nitrogens is 2. The van der Waals surface area contributed by atoms with Crippen LogP contribution < -0.4 is 0 Å². The Balaban J connectivity index is 2.60. The molecule has 0 saturated heterocycles. The topological polar surface area (TPSA) is 104 Å². The van der Waals surface area contributed by atoms with E-state index in [1.165, 1.54) is 16.8 Å². The van der Waals surface area contributed by atoms with Crippen LogP contribution in [0.4, 0.5) is 11.4 Å². The van der Waals surface area contributed by atoms with Gasteiger partial charge in [0.2, 0.25) is 0 Å². The number of nitro benzene ring substituents is 2. The first kappa shape index (κ1) is 14.1. The van der Waals surface area contributed by atoms with Crippen molar-refractivity contribution in [1.82, 2.24) is 9.78 Å². The summed E-state index contributed by atoms with van der Waals surface area (Å²) in [5, 5.41) is 26.0. The average Bonchev–Trinajstić information content (AvgIpc) is 2.79. The van der Waals surface area contributed by atoms with Crippen molar-refractivity contribution in [2.24, 2.45) is 0 Å². The lowest BCUT2D eigenvalue weighted by Crippen LogP contribution is -2.02. The Labute approximate surface area is 121 Å². The fraction of sp³-hybridized carbons (Fsp3) is 0.182. The van der Waals surface area contributed by atoms with E-state index in [9.17, 15) is 20.2 Å². The molecule has 0 N–H and O–H groups in total. The van der Waals surface area contributed by atoms with Crippen LogP contribution in [0.25, 0.3) is 5.69 Å². The molecule has 0 bridgehead atoms. The molecule has 0 fully saturated rings. The number of non-ortho nitro benzene ring substituents is 1. The van der Waals surface area contributed by atoms with E-state index in [0.29, 0.717) is 6.42 Å². The fourth-order valence-corrected chi connectivity index (χ4v) is 2.27. The van der Waals surface area contributed by atoms with Crippen LogP contribution in [0.15, 0.2) is 28.9 Å². The predicted octanol–water partition coefficient (Wildman–Crippen LogP) is 3.01. The Morgan fingerprint density at radius 2 is 2.00 bits per heavy atom. The van der Waals surface area contributed by atoms with Crippen molar-refractivity contribution in [1.29, 1.82) is 0 Å². The highest BCUT2D eigenvalue weighted by molar-refractivity contribution is 9.10. The van der Waals surface area contributed by atoms with E-state index in [1.807, 2.05) is 6.92 Å². The quantitative estimate of drug-likeness (QED) is 0.628. The van der Waals surface area contributed by atoms with Crippen LogP contribution in [-0.4, -0.2) is 19.6 Å². The molecule has 0 unspecified atom stereocenters. The maximum absolute atomic E-state index is 11.1. The van der Waals surface area contributed by atoms with Gasteiger partial charge in [-0.15, -0.1) is 0 Å². The second-order valence-corrected chi connectivity index (χ2v) is 4.76. The molecule has 0 aliphatic heterocycles. The van der Waals surface area contributed by atoms with Crippen molar-refractivity contribution in [3.05, 3.63) is 54.8 Å². The summed E-state index contributed by atoms with van der Waals surface area (Å²) in [6.07, 6.45) is 2.25. The zero-order valence-corrected chi connectivity index (χ0v) is 11.9. The van der Waals surface area contributed by atoms with Crippen LogP contribution in [0, 0.1) is 20.2 Å². The molecule has 104 valence electrons. The SMILES string of the molecule is CCc1nn(-c2ccc([N+](=O)[O-])cc2[N+](=O)[O-])cc1Br. The van der Waals surface area contributed by atoms with E-state index < -0.39 is 9.85 Å². The zero-order valence-electron chi connectivity index (χ0n) is 10.3. The highest BCUT2D eigenvalue weighted by Gasteiger charge is 2.21. The minimum Gasteiger partial charge on any atom is -0.258 e. The number of rotatable bonds is 4. The number of halogens is 1. The van der Waals surface area contributed by atoms with Crippen molar-refractivity contribution >= 4 is 27.3 Å². The van der Waals surface area contributed by atoms with Gasteiger partial charge < -0.3 is 0 Å². The Hall–Kier alpha value is -2.29. The lowest BCUT2D eigenvalue weighted by molar-refractivity contribution is -0.394. The second kappa shape index (κ2) is 5.37. The molecular formula is C11H9BrN4O4. The fourth-order valence-electron chi connectivity index (χ4n) is 1.72. The van der Waals surface area contributed by atoms with Crippen LogP contribution in [0.5, 0.6) is 0 Å². The Bertz CT molecular complexity index is 698. The number of nitrogens with zero attached hydrogens (tertiary/aromatic N) is 4. The van der Waals surface area contributed by atoms with E-state index in [-0.39, 0.29) is 17.1 Å². The molecule has 0 atom stereocenters. The molecule has 1 aromatic carbocycles. The van der Waals surface area contributed by atoms with Gasteiger partial charge in [-0.3, -0.25) is 20.2 Å². The number of benzene rings is 1. The van der Waals surface area contributed by atoms with Gasteiger partial charge in [-0.25, -0.2) is 4.68 Å². The van der Waals surface area contributed by atoms with Crippen LogP contribution in [0.3, 0.4) is 0 Å². The van der Waals surface area contributed by atoms with Gasteiger partial charge in [-0.05, 0) is 28.4 Å². The van der Waals surface area contributed by atoms with E-state index in [4.69, 9.17) is 0 Å². The van der Waals surface area contributed by atoms with Crippen molar-refractivity contribution in [2.45, 2.75) is 13.3 Å². The monoisotopic (exact) mass is 340 g/mol. The summed E-state index contributed by atoms with van der Waals surface area (Å²) in [5.74, 6) is 0. The van der Waals surface area contributed by atoms with Crippen molar-refractivity contribution in [3.63, 3.8) is 0 Å². The molecule has 9 heteroatoms. The molecule has 1 aromatic heterocycles. The standard InChI is InChI=1S/C11H9BrN4O4/c1-2-9-8(12)6-14(13-9)10-4-3-7(15(17)18)5-11(10)16(19)20/h3-6H,2H2,1H3. The number of aryl methyl sites for hydroxylation is 1. The van der Waals surface area contributed by atoms with Gasteiger partial charge in [0.15, 0.2) is 0 Å². The van der Waals surface area contributed by atoms with Crippen LogP contribution in [-0.2, 0) is 6.42 Å². The lowest BCUT2D eigenvalue weighted by Gasteiger charge is -2.02. The first-order valence-corrected chi connectivity index (χ1v) is 6.40. The summed E-state index contributed by atoms with van der Waals surface area (Å²) >= 11 is 3.31. The Morgan fingerprint density at radius 3 is 2.50 bits per heavy atom. The summed E-state index contributed by atoms with van der Waals surface area (Å²) < 4.78 is 2.07. The molecule has 20 heavy (non-hydrogen) atoms. The molecule has 0 aliphatic carbocycles. The zero-order chi connectivity index (χ0) is 14.9. The van der Waals surface area contributed by atoms with Crippen molar-refractivity contribution in [2.75, 3.05) is 0 Å². The third-order valence-electron chi connectivity index (χ3n) is 2.69. The average molecular weight is 341 g/mol. The number of nitro groups is 2. The maximum atomic E-state index is 11.1. The molecule has 2 rings (SSSR count). The summed E-state index contributed by atoms with van der Waals surface area (Å²) in [5.41, 5.74) is 0.234. The smallest absolute Gasteiger partial charge is 0.258 e. The molecule has 0 radical (unpaired) electrons. The largest absolute Gasteiger partial charge is 0.301 e. The van der Waals surface area contributed by atoms with E-state index in [0.717, 1.165) is 16.2 Å². The third kappa shape index (κ3) is 2.52. The minimum atomic E-state index is -0.673. The van der Waals surface area contributed by atoms with Gasteiger partial charge in [0.25, 0.3) is 5.69 Å². The molecule has 1 heterocycles. The summed E-state index contributed by atoms with van der Waals surface area (Å²) in [6, 6.07) is 3.45. The van der Waals surface area contributed by atoms with Gasteiger partial charge in [0, 0.05) is 12.3 Å². The van der Waals surface area contributed by atoms with Crippen LogP contribution in [0.1, 0.15) is 12.6 Å². The molecule has 0 spiro atoms. The molecular weight excluding hydrogens is 332 g/mol. The lowest BCUT2D eigenvalue weighted by atomic mass is 10.2. The van der Waals surface area contributed by atoms with Gasteiger partial charge in [-0.2, -0.15) is 5.10 Å². The van der Waals surface area contributed by atoms with E-state index >= 15 is 0 Å². The Morgan fingerprint density at radius 1 is 1.30 bits per heavy atom. The number of hydrogen-bond donors (Lipinski definition) is 0. The minimum absolute atomic E-state index is 0.181. The van der Waals surface area contributed by atoms with E-state index in [2.05, 4.69) is 21.0 Å². The van der Waals surface area contributed by atoms with Gasteiger partial charge >= 0.3 is 5.69 Å².